The Bertz CT molecular complexity index is 604. The monoisotopic (exact) mass is 332 g/mol. The average molecular weight is 332 g/mol. The number of amides is 1. The Balaban J connectivity index is 1.84. The lowest BCUT2D eigenvalue weighted by atomic mass is 10.2. The number of hydrogen-bond acceptors (Lipinski definition) is 5. The Labute approximate surface area is 128 Å². The minimum atomic E-state index is -3.77. The lowest BCUT2D eigenvalue weighted by Gasteiger charge is -2.11. The van der Waals surface area contributed by atoms with Gasteiger partial charge in [0.05, 0.1) is 18.3 Å². The Hall–Kier alpha value is -0.960. The highest BCUT2D eigenvalue weighted by molar-refractivity contribution is 7.91. The summed E-state index contributed by atoms with van der Waals surface area (Å²) < 4.78 is 28.4. The van der Waals surface area contributed by atoms with Gasteiger partial charge in [-0.25, -0.2) is 13.6 Å². The van der Waals surface area contributed by atoms with Crippen LogP contribution >= 0.6 is 11.3 Å². The van der Waals surface area contributed by atoms with Crippen LogP contribution < -0.4 is 10.5 Å². The molecule has 1 fully saturated rings. The number of nitrogens with one attached hydrogen (secondary N) is 1. The SMILES string of the molecule is Cc1c(C(=O)NCCOC2CCCC2)csc1S(N)(=O)=O. The van der Waals surface area contributed by atoms with Gasteiger partial charge in [-0.05, 0) is 25.3 Å². The number of sulfonamides is 1. The van der Waals surface area contributed by atoms with Crippen molar-refractivity contribution in [2.45, 2.75) is 42.9 Å². The van der Waals surface area contributed by atoms with Crippen LogP contribution in [-0.2, 0) is 14.8 Å². The molecule has 1 aromatic heterocycles. The third-order valence-corrected chi connectivity index (χ3v) is 6.22. The van der Waals surface area contributed by atoms with E-state index < -0.39 is 10.0 Å². The number of nitrogens with two attached hydrogens (primary N) is 1. The van der Waals surface area contributed by atoms with Gasteiger partial charge in [-0.15, -0.1) is 11.3 Å². The molecule has 6 nitrogen and oxygen atoms in total. The molecule has 1 amide bonds. The predicted molar refractivity (Wildman–Crippen MR) is 81.0 cm³/mol. The van der Waals surface area contributed by atoms with Gasteiger partial charge in [0.25, 0.3) is 5.91 Å². The molecule has 1 saturated carbocycles. The number of carbonyl (C=O) groups excluding carboxylic acids is 1. The summed E-state index contributed by atoms with van der Waals surface area (Å²) >= 11 is 0.966. The molecule has 8 heteroatoms. The van der Waals surface area contributed by atoms with Crippen LogP contribution in [0.25, 0.3) is 0 Å². The zero-order valence-corrected chi connectivity index (χ0v) is 13.6. The van der Waals surface area contributed by atoms with Crippen LogP contribution in [0.15, 0.2) is 9.59 Å². The molecule has 1 aliphatic rings. The number of thiophene rings is 1. The van der Waals surface area contributed by atoms with Gasteiger partial charge in [0.15, 0.2) is 0 Å². The average Bonchev–Trinajstić information content (AvgIpc) is 3.02. The van der Waals surface area contributed by atoms with Crippen molar-refractivity contribution < 1.29 is 17.9 Å². The smallest absolute Gasteiger partial charge is 0.252 e. The van der Waals surface area contributed by atoms with Gasteiger partial charge in [0.2, 0.25) is 10.0 Å². The van der Waals surface area contributed by atoms with Gasteiger partial charge in [-0.2, -0.15) is 0 Å². The highest BCUT2D eigenvalue weighted by atomic mass is 32.2. The molecule has 0 aliphatic heterocycles. The Morgan fingerprint density at radius 1 is 1.48 bits per heavy atom. The molecule has 3 N–H and O–H groups in total. The van der Waals surface area contributed by atoms with Crippen LogP contribution in [0.3, 0.4) is 0 Å². The molecule has 0 saturated heterocycles. The van der Waals surface area contributed by atoms with E-state index in [0.717, 1.165) is 24.2 Å². The van der Waals surface area contributed by atoms with E-state index in [2.05, 4.69) is 5.32 Å². The summed E-state index contributed by atoms with van der Waals surface area (Å²) in [6.07, 6.45) is 4.92. The fourth-order valence-electron chi connectivity index (χ4n) is 2.44. The Morgan fingerprint density at radius 2 is 2.14 bits per heavy atom. The standard InChI is InChI=1S/C13H20N2O4S2/c1-9-11(8-20-13(9)21(14,17)18)12(16)15-6-7-19-10-4-2-3-5-10/h8,10H,2-7H2,1H3,(H,15,16)(H2,14,17,18). The van der Waals surface area contributed by atoms with Crippen molar-refractivity contribution in [2.75, 3.05) is 13.2 Å². The molecule has 1 heterocycles. The second-order valence-electron chi connectivity index (χ2n) is 5.14. The van der Waals surface area contributed by atoms with E-state index >= 15 is 0 Å². The third-order valence-electron chi connectivity index (χ3n) is 3.54. The van der Waals surface area contributed by atoms with E-state index in [-0.39, 0.29) is 10.1 Å². The van der Waals surface area contributed by atoms with E-state index in [1.807, 2.05) is 0 Å². The van der Waals surface area contributed by atoms with Gasteiger partial charge in [0.1, 0.15) is 4.21 Å². The van der Waals surface area contributed by atoms with Gasteiger partial charge in [-0.3, -0.25) is 4.79 Å². The third kappa shape index (κ3) is 4.26. The first-order valence-corrected chi connectivity index (χ1v) is 9.33. The molecule has 0 spiro atoms. The number of carbonyl (C=O) groups is 1. The van der Waals surface area contributed by atoms with Crippen LogP contribution in [0.2, 0.25) is 0 Å². The van der Waals surface area contributed by atoms with Gasteiger partial charge in [-0.1, -0.05) is 12.8 Å². The van der Waals surface area contributed by atoms with E-state index in [0.29, 0.717) is 30.4 Å². The maximum Gasteiger partial charge on any atom is 0.252 e. The zero-order valence-electron chi connectivity index (χ0n) is 11.9. The number of ether oxygens (including phenoxy) is 1. The second-order valence-corrected chi connectivity index (χ2v) is 7.78. The van der Waals surface area contributed by atoms with E-state index in [4.69, 9.17) is 9.88 Å². The van der Waals surface area contributed by atoms with Crippen molar-refractivity contribution in [1.82, 2.24) is 5.32 Å². The lowest BCUT2D eigenvalue weighted by molar-refractivity contribution is 0.0582. The summed E-state index contributed by atoms with van der Waals surface area (Å²) in [4.78, 5) is 12.0. The normalized spacial score (nSPS) is 16.3. The molecule has 1 aliphatic carbocycles. The molecular weight excluding hydrogens is 312 g/mol. The number of hydrogen-bond donors (Lipinski definition) is 2. The molecule has 0 radical (unpaired) electrons. The minimum absolute atomic E-state index is 0.0369. The highest BCUT2D eigenvalue weighted by Gasteiger charge is 2.21. The first-order valence-electron chi connectivity index (χ1n) is 6.90. The fourth-order valence-corrected chi connectivity index (χ4v) is 4.46. The highest BCUT2D eigenvalue weighted by Crippen LogP contribution is 2.25. The molecule has 0 atom stereocenters. The van der Waals surface area contributed by atoms with Crippen LogP contribution in [0.4, 0.5) is 0 Å². The summed E-state index contributed by atoms with van der Waals surface area (Å²) in [5.41, 5.74) is 0.751. The Kier molecular flexibility index (Phi) is 5.37. The van der Waals surface area contributed by atoms with Crippen molar-refractivity contribution in [3.8, 4) is 0 Å². The first-order chi connectivity index (χ1) is 9.89. The fraction of sp³-hybridized carbons (Fsp3) is 0.615. The van der Waals surface area contributed by atoms with E-state index in [9.17, 15) is 13.2 Å². The molecule has 0 unspecified atom stereocenters. The van der Waals surface area contributed by atoms with Crippen LogP contribution in [0.5, 0.6) is 0 Å². The van der Waals surface area contributed by atoms with Crippen molar-refractivity contribution >= 4 is 27.3 Å². The lowest BCUT2D eigenvalue weighted by Crippen LogP contribution is -2.28. The molecule has 21 heavy (non-hydrogen) atoms. The summed E-state index contributed by atoms with van der Waals surface area (Å²) in [5.74, 6) is -0.298. The largest absolute Gasteiger partial charge is 0.376 e. The molecule has 1 aromatic rings. The molecular formula is C13H20N2O4S2. The van der Waals surface area contributed by atoms with E-state index in [1.54, 1.807) is 6.92 Å². The van der Waals surface area contributed by atoms with Gasteiger partial charge >= 0.3 is 0 Å². The molecule has 0 bridgehead atoms. The minimum Gasteiger partial charge on any atom is -0.376 e. The van der Waals surface area contributed by atoms with Crippen molar-refractivity contribution in [3.05, 3.63) is 16.5 Å². The Morgan fingerprint density at radius 3 is 2.71 bits per heavy atom. The van der Waals surface area contributed by atoms with Crippen LogP contribution in [0.1, 0.15) is 41.6 Å². The second kappa shape index (κ2) is 6.87. The predicted octanol–water partition coefficient (Wildman–Crippen LogP) is 1.39. The number of rotatable bonds is 6. The topological polar surface area (TPSA) is 98.5 Å². The molecule has 2 rings (SSSR count). The van der Waals surface area contributed by atoms with Crippen LogP contribution in [-0.4, -0.2) is 33.6 Å². The van der Waals surface area contributed by atoms with Gasteiger partial charge in [0, 0.05) is 11.9 Å². The quantitative estimate of drug-likeness (QED) is 0.769. The maximum absolute atomic E-state index is 12.0. The molecule has 0 aromatic carbocycles. The maximum atomic E-state index is 12.0. The first kappa shape index (κ1) is 16.4. The zero-order chi connectivity index (χ0) is 15.5. The van der Waals surface area contributed by atoms with Crippen molar-refractivity contribution in [2.24, 2.45) is 5.14 Å². The summed E-state index contributed by atoms with van der Waals surface area (Å²) in [6, 6.07) is 0. The van der Waals surface area contributed by atoms with E-state index in [1.165, 1.54) is 18.2 Å². The molecule has 118 valence electrons. The van der Waals surface area contributed by atoms with Crippen molar-refractivity contribution in [3.63, 3.8) is 0 Å². The number of primary sulfonamides is 1. The van der Waals surface area contributed by atoms with Gasteiger partial charge < -0.3 is 10.1 Å². The summed E-state index contributed by atoms with van der Waals surface area (Å²) in [5, 5.41) is 9.35. The van der Waals surface area contributed by atoms with Crippen LogP contribution in [0, 0.1) is 6.92 Å². The van der Waals surface area contributed by atoms with Crippen molar-refractivity contribution in [1.29, 1.82) is 0 Å². The summed E-state index contributed by atoms with van der Waals surface area (Å²) in [7, 11) is -3.77. The summed E-state index contributed by atoms with van der Waals surface area (Å²) in [6.45, 7) is 2.47.